The van der Waals surface area contributed by atoms with E-state index in [1.807, 2.05) is 18.3 Å². The van der Waals surface area contributed by atoms with Gasteiger partial charge in [0.15, 0.2) is 0 Å². The third-order valence-electron chi connectivity index (χ3n) is 1.93. The Morgan fingerprint density at radius 1 is 1.53 bits per heavy atom. The highest BCUT2D eigenvalue weighted by Crippen LogP contribution is 2.21. The van der Waals surface area contributed by atoms with Gasteiger partial charge in [0.25, 0.3) is 0 Å². The molecule has 3 nitrogen and oxygen atoms in total. The standard InChI is InChI=1S/C13H17NO2S/c1-4-16-12(15)8-6-5-7-11-9-14-13(17-11)10(2)3/h5-10H,4H2,1-3H3. The summed E-state index contributed by atoms with van der Waals surface area (Å²) in [6.45, 7) is 6.42. The summed E-state index contributed by atoms with van der Waals surface area (Å²) in [5, 5.41) is 1.12. The largest absolute Gasteiger partial charge is 0.463 e. The van der Waals surface area contributed by atoms with E-state index in [0.717, 1.165) is 9.88 Å². The molecule has 1 heterocycles. The Labute approximate surface area is 106 Å². The molecule has 0 fully saturated rings. The minimum atomic E-state index is -0.315. The lowest BCUT2D eigenvalue weighted by Gasteiger charge is -1.94. The van der Waals surface area contributed by atoms with E-state index in [1.165, 1.54) is 6.08 Å². The molecule has 1 rings (SSSR count). The second kappa shape index (κ2) is 7.01. The van der Waals surface area contributed by atoms with Gasteiger partial charge in [-0.25, -0.2) is 9.78 Å². The van der Waals surface area contributed by atoms with E-state index in [4.69, 9.17) is 4.74 Å². The van der Waals surface area contributed by atoms with Crippen LogP contribution < -0.4 is 0 Å². The molecule has 0 aliphatic heterocycles. The van der Waals surface area contributed by atoms with Crippen LogP contribution in [0.4, 0.5) is 0 Å². The minimum absolute atomic E-state index is 0.315. The van der Waals surface area contributed by atoms with Crippen LogP contribution in [-0.2, 0) is 9.53 Å². The number of esters is 1. The Morgan fingerprint density at radius 3 is 2.88 bits per heavy atom. The monoisotopic (exact) mass is 251 g/mol. The fourth-order valence-electron chi connectivity index (χ4n) is 1.12. The lowest BCUT2D eigenvalue weighted by Crippen LogP contribution is -1.98. The molecule has 0 spiro atoms. The van der Waals surface area contributed by atoms with E-state index in [0.29, 0.717) is 12.5 Å². The predicted octanol–water partition coefficient (Wildman–Crippen LogP) is 3.40. The topological polar surface area (TPSA) is 39.2 Å². The van der Waals surface area contributed by atoms with Crippen LogP contribution in [0.3, 0.4) is 0 Å². The van der Waals surface area contributed by atoms with Gasteiger partial charge in [0, 0.05) is 23.1 Å². The molecule has 0 saturated carbocycles. The normalized spacial score (nSPS) is 11.8. The Hall–Kier alpha value is -1.42. The van der Waals surface area contributed by atoms with Gasteiger partial charge in [0.1, 0.15) is 0 Å². The molecule has 1 aromatic rings. The van der Waals surface area contributed by atoms with E-state index in [9.17, 15) is 4.79 Å². The maximum absolute atomic E-state index is 11.0. The van der Waals surface area contributed by atoms with Crippen molar-refractivity contribution in [1.82, 2.24) is 4.98 Å². The summed E-state index contributed by atoms with van der Waals surface area (Å²) < 4.78 is 4.76. The average Bonchev–Trinajstić information content (AvgIpc) is 2.73. The third kappa shape index (κ3) is 4.95. The van der Waals surface area contributed by atoms with Gasteiger partial charge in [-0.2, -0.15) is 0 Å². The molecular weight excluding hydrogens is 234 g/mol. The van der Waals surface area contributed by atoms with Crippen molar-refractivity contribution in [2.45, 2.75) is 26.7 Å². The Morgan fingerprint density at radius 2 is 2.29 bits per heavy atom. The summed E-state index contributed by atoms with van der Waals surface area (Å²) in [6, 6.07) is 0. The first kappa shape index (κ1) is 13.6. The molecule has 1 aromatic heterocycles. The summed E-state index contributed by atoms with van der Waals surface area (Å²) in [5.41, 5.74) is 0. The van der Waals surface area contributed by atoms with Crippen LogP contribution in [0.25, 0.3) is 6.08 Å². The predicted molar refractivity (Wildman–Crippen MR) is 71.0 cm³/mol. The van der Waals surface area contributed by atoms with Gasteiger partial charge in [-0.05, 0) is 13.0 Å². The highest BCUT2D eigenvalue weighted by molar-refractivity contribution is 7.12. The molecule has 0 aliphatic carbocycles. The molecule has 0 amide bonds. The lowest BCUT2D eigenvalue weighted by molar-refractivity contribution is -0.137. The van der Waals surface area contributed by atoms with Crippen LogP contribution in [0.15, 0.2) is 24.4 Å². The molecule has 17 heavy (non-hydrogen) atoms. The fourth-order valence-corrected chi connectivity index (χ4v) is 1.95. The van der Waals surface area contributed by atoms with Crippen LogP contribution >= 0.6 is 11.3 Å². The summed E-state index contributed by atoms with van der Waals surface area (Å²) >= 11 is 1.66. The van der Waals surface area contributed by atoms with Crippen molar-refractivity contribution in [3.05, 3.63) is 34.3 Å². The number of rotatable bonds is 5. The van der Waals surface area contributed by atoms with Crippen molar-refractivity contribution in [2.75, 3.05) is 6.61 Å². The molecule has 0 radical (unpaired) electrons. The number of carbonyl (C=O) groups is 1. The molecule has 4 heteroatoms. The zero-order valence-electron chi connectivity index (χ0n) is 10.3. The number of nitrogens with zero attached hydrogens (tertiary/aromatic N) is 1. The van der Waals surface area contributed by atoms with E-state index >= 15 is 0 Å². The number of ether oxygens (including phenoxy) is 1. The quantitative estimate of drug-likeness (QED) is 0.457. The lowest BCUT2D eigenvalue weighted by atomic mass is 10.2. The summed E-state index contributed by atoms with van der Waals surface area (Å²) in [7, 11) is 0. The highest BCUT2D eigenvalue weighted by Gasteiger charge is 2.02. The number of hydrogen-bond donors (Lipinski definition) is 0. The first-order valence-corrected chi connectivity index (χ1v) is 6.42. The maximum Gasteiger partial charge on any atom is 0.330 e. The Balaban J connectivity index is 2.50. The second-order valence-corrected chi connectivity index (χ2v) is 4.82. The molecule has 0 aliphatic rings. The fraction of sp³-hybridized carbons (Fsp3) is 0.385. The number of carbonyl (C=O) groups excluding carboxylic acids is 1. The minimum Gasteiger partial charge on any atom is -0.463 e. The van der Waals surface area contributed by atoms with Crippen LogP contribution in [0.2, 0.25) is 0 Å². The smallest absolute Gasteiger partial charge is 0.330 e. The zero-order chi connectivity index (χ0) is 12.7. The van der Waals surface area contributed by atoms with Gasteiger partial charge < -0.3 is 4.74 Å². The number of aromatic nitrogens is 1. The number of thiazole rings is 1. The first-order chi connectivity index (χ1) is 8.13. The highest BCUT2D eigenvalue weighted by atomic mass is 32.1. The second-order valence-electron chi connectivity index (χ2n) is 3.73. The van der Waals surface area contributed by atoms with E-state index in [2.05, 4.69) is 18.8 Å². The molecule has 92 valence electrons. The third-order valence-corrected chi connectivity index (χ3v) is 3.19. The van der Waals surface area contributed by atoms with Crippen LogP contribution in [0.1, 0.15) is 36.6 Å². The molecule has 0 unspecified atom stereocenters. The average molecular weight is 251 g/mol. The van der Waals surface area contributed by atoms with Crippen molar-refractivity contribution < 1.29 is 9.53 Å². The number of allylic oxidation sites excluding steroid dienone is 2. The zero-order valence-corrected chi connectivity index (χ0v) is 11.2. The molecule has 0 saturated heterocycles. The van der Waals surface area contributed by atoms with E-state index in [1.54, 1.807) is 24.3 Å². The van der Waals surface area contributed by atoms with E-state index < -0.39 is 0 Å². The molecule has 0 aromatic carbocycles. The Bertz CT molecular complexity index is 419. The van der Waals surface area contributed by atoms with E-state index in [-0.39, 0.29) is 5.97 Å². The van der Waals surface area contributed by atoms with Gasteiger partial charge in [0.2, 0.25) is 0 Å². The van der Waals surface area contributed by atoms with Gasteiger partial charge in [-0.15, -0.1) is 11.3 Å². The van der Waals surface area contributed by atoms with Crippen molar-refractivity contribution >= 4 is 23.4 Å². The SMILES string of the molecule is CCOC(=O)C=CC=Cc1cnc(C(C)C)s1. The Kier molecular flexibility index (Phi) is 5.63. The maximum atomic E-state index is 11.0. The van der Waals surface area contributed by atoms with Crippen LogP contribution in [0, 0.1) is 0 Å². The van der Waals surface area contributed by atoms with Crippen molar-refractivity contribution in [1.29, 1.82) is 0 Å². The first-order valence-electron chi connectivity index (χ1n) is 5.60. The van der Waals surface area contributed by atoms with Gasteiger partial charge in [-0.3, -0.25) is 0 Å². The summed E-state index contributed by atoms with van der Waals surface area (Å²) in [5.74, 6) is 0.140. The number of hydrogen-bond acceptors (Lipinski definition) is 4. The van der Waals surface area contributed by atoms with Gasteiger partial charge >= 0.3 is 5.97 Å². The van der Waals surface area contributed by atoms with Gasteiger partial charge in [-0.1, -0.05) is 26.0 Å². The van der Waals surface area contributed by atoms with Gasteiger partial charge in [0.05, 0.1) is 11.6 Å². The summed E-state index contributed by atoms with van der Waals surface area (Å²) in [4.78, 5) is 16.4. The van der Waals surface area contributed by atoms with Crippen molar-refractivity contribution in [3.63, 3.8) is 0 Å². The molecule has 0 N–H and O–H groups in total. The molecule has 0 bridgehead atoms. The molecular formula is C13H17NO2S. The van der Waals surface area contributed by atoms with Crippen LogP contribution in [0.5, 0.6) is 0 Å². The van der Waals surface area contributed by atoms with Crippen molar-refractivity contribution in [3.8, 4) is 0 Å². The van der Waals surface area contributed by atoms with Crippen LogP contribution in [-0.4, -0.2) is 17.6 Å². The summed E-state index contributed by atoms with van der Waals surface area (Å²) in [6.07, 6.45) is 8.67. The molecule has 0 atom stereocenters. The van der Waals surface area contributed by atoms with Crippen molar-refractivity contribution in [2.24, 2.45) is 0 Å².